The third-order valence-corrected chi connectivity index (χ3v) is 1.74. The molecule has 0 aromatic heterocycles. The molecule has 0 bridgehead atoms. The molecule has 0 N–H and O–H groups in total. The van der Waals surface area contributed by atoms with Crippen LogP contribution < -0.4 is 4.74 Å². The maximum atomic E-state index is 8.56. The topological polar surface area (TPSA) is 33.0 Å². The molecule has 3 heteroatoms. The van der Waals surface area contributed by atoms with Crippen LogP contribution in [-0.4, -0.2) is 6.61 Å². The zero-order valence-electron chi connectivity index (χ0n) is 6.74. The van der Waals surface area contributed by atoms with Gasteiger partial charge in [-0.2, -0.15) is 5.26 Å². The van der Waals surface area contributed by atoms with E-state index in [0.29, 0.717) is 17.1 Å². The van der Waals surface area contributed by atoms with Crippen molar-refractivity contribution in [2.45, 2.75) is 11.8 Å². The van der Waals surface area contributed by atoms with Crippen LogP contribution in [0.5, 0.6) is 5.75 Å². The SMILES string of the molecule is CCOc1ccc(C#N)cc1S. The lowest BCUT2D eigenvalue weighted by Gasteiger charge is -2.04. The van der Waals surface area contributed by atoms with Gasteiger partial charge in [0.2, 0.25) is 0 Å². The fraction of sp³-hybridized carbons (Fsp3) is 0.222. The standard InChI is InChI=1S/C9H9NOS/c1-2-11-8-4-3-7(6-10)5-9(8)12/h3-5,12H,2H2,1H3. The van der Waals surface area contributed by atoms with Gasteiger partial charge >= 0.3 is 0 Å². The summed E-state index contributed by atoms with van der Waals surface area (Å²) in [6.45, 7) is 2.52. The molecule has 0 saturated heterocycles. The monoisotopic (exact) mass is 179 g/mol. The molecule has 0 aliphatic carbocycles. The molecule has 1 rings (SSSR count). The quantitative estimate of drug-likeness (QED) is 0.706. The van der Waals surface area contributed by atoms with E-state index < -0.39 is 0 Å². The molecule has 0 amide bonds. The second-order valence-electron chi connectivity index (χ2n) is 2.23. The first-order chi connectivity index (χ1) is 5.77. The van der Waals surface area contributed by atoms with Crippen LogP contribution in [0.4, 0.5) is 0 Å². The maximum absolute atomic E-state index is 8.56. The number of thiol groups is 1. The van der Waals surface area contributed by atoms with Crippen molar-refractivity contribution in [2.24, 2.45) is 0 Å². The molecular formula is C9H9NOS. The highest BCUT2D eigenvalue weighted by molar-refractivity contribution is 7.80. The van der Waals surface area contributed by atoms with E-state index in [1.807, 2.05) is 13.0 Å². The Kier molecular flexibility index (Phi) is 3.01. The predicted molar refractivity (Wildman–Crippen MR) is 49.6 cm³/mol. The maximum Gasteiger partial charge on any atom is 0.132 e. The van der Waals surface area contributed by atoms with Gasteiger partial charge in [-0.3, -0.25) is 0 Å². The van der Waals surface area contributed by atoms with Gasteiger partial charge in [0.05, 0.1) is 18.2 Å². The number of benzene rings is 1. The van der Waals surface area contributed by atoms with Crippen LogP contribution in [0.3, 0.4) is 0 Å². The van der Waals surface area contributed by atoms with E-state index in [-0.39, 0.29) is 0 Å². The van der Waals surface area contributed by atoms with Crippen molar-refractivity contribution >= 4 is 12.6 Å². The van der Waals surface area contributed by atoms with Gasteiger partial charge in [0.1, 0.15) is 5.75 Å². The Morgan fingerprint density at radius 3 is 2.83 bits per heavy atom. The van der Waals surface area contributed by atoms with Gasteiger partial charge in [-0.05, 0) is 25.1 Å². The second-order valence-corrected chi connectivity index (χ2v) is 2.71. The van der Waals surface area contributed by atoms with Gasteiger partial charge < -0.3 is 4.74 Å². The molecule has 0 atom stereocenters. The second kappa shape index (κ2) is 4.03. The molecule has 12 heavy (non-hydrogen) atoms. The van der Waals surface area contributed by atoms with Crippen LogP contribution in [0.25, 0.3) is 0 Å². The zero-order chi connectivity index (χ0) is 8.97. The Labute approximate surface area is 77.2 Å². The zero-order valence-corrected chi connectivity index (χ0v) is 7.64. The number of nitrogens with zero attached hydrogens (tertiary/aromatic N) is 1. The Morgan fingerprint density at radius 1 is 1.58 bits per heavy atom. The fourth-order valence-corrected chi connectivity index (χ4v) is 1.14. The summed E-state index contributed by atoms with van der Waals surface area (Å²) < 4.78 is 5.25. The minimum Gasteiger partial charge on any atom is -0.493 e. The van der Waals surface area contributed by atoms with Crippen LogP contribution in [0, 0.1) is 11.3 Å². The lowest BCUT2D eigenvalue weighted by molar-refractivity contribution is 0.332. The summed E-state index contributed by atoms with van der Waals surface area (Å²) in [7, 11) is 0. The molecule has 2 nitrogen and oxygen atoms in total. The largest absolute Gasteiger partial charge is 0.493 e. The third-order valence-electron chi connectivity index (χ3n) is 1.39. The summed E-state index contributed by atoms with van der Waals surface area (Å²) in [5.41, 5.74) is 0.600. The molecule has 0 radical (unpaired) electrons. The molecule has 0 heterocycles. The number of rotatable bonds is 2. The minimum absolute atomic E-state index is 0.600. The molecule has 62 valence electrons. The number of ether oxygens (including phenoxy) is 1. The third kappa shape index (κ3) is 1.93. The highest BCUT2D eigenvalue weighted by atomic mass is 32.1. The molecule has 0 aliphatic rings. The van der Waals surface area contributed by atoms with Crippen molar-refractivity contribution < 1.29 is 4.74 Å². The van der Waals surface area contributed by atoms with E-state index in [2.05, 4.69) is 12.6 Å². The van der Waals surface area contributed by atoms with Crippen molar-refractivity contribution in [1.29, 1.82) is 5.26 Å². The molecule has 1 aromatic carbocycles. The number of hydrogen-bond acceptors (Lipinski definition) is 3. The van der Waals surface area contributed by atoms with Gasteiger partial charge in [-0.15, -0.1) is 12.6 Å². The fourth-order valence-electron chi connectivity index (χ4n) is 0.864. The van der Waals surface area contributed by atoms with Gasteiger partial charge in [0.15, 0.2) is 0 Å². The van der Waals surface area contributed by atoms with Crippen molar-refractivity contribution in [1.82, 2.24) is 0 Å². The average molecular weight is 179 g/mol. The van der Waals surface area contributed by atoms with E-state index in [1.54, 1.807) is 18.2 Å². The summed E-state index contributed by atoms with van der Waals surface area (Å²) in [5.74, 6) is 0.722. The van der Waals surface area contributed by atoms with Crippen molar-refractivity contribution in [3.8, 4) is 11.8 Å². The van der Waals surface area contributed by atoms with Crippen LogP contribution in [0.15, 0.2) is 23.1 Å². The van der Waals surface area contributed by atoms with Gasteiger partial charge in [-0.25, -0.2) is 0 Å². The van der Waals surface area contributed by atoms with E-state index in [4.69, 9.17) is 10.00 Å². The van der Waals surface area contributed by atoms with Crippen molar-refractivity contribution in [3.63, 3.8) is 0 Å². The summed E-state index contributed by atoms with van der Waals surface area (Å²) in [6.07, 6.45) is 0. The normalized spacial score (nSPS) is 9.08. The van der Waals surface area contributed by atoms with Crippen LogP contribution >= 0.6 is 12.6 Å². The van der Waals surface area contributed by atoms with Crippen LogP contribution in [0.2, 0.25) is 0 Å². The molecule has 0 spiro atoms. The van der Waals surface area contributed by atoms with Crippen LogP contribution in [-0.2, 0) is 0 Å². The molecular weight excluding hydrogens is 170 g/mol. The first-order valence-corrected chi connectivity index (χ1v) is 4.08. The summed E-state index contributed by atoms with van der Waals surface area (Å²) in [4.78, 5) is 0.705. The predicted octanol–water partition coefficient (Wildman–Crippen LogP) is 2.25. The van der Waals surface area contributed by atoms with Gasteiger partial charge in [0, 0.05) is 4.90 Å². The van der Waals surface area contributed by atoms with E-state index in [0.717, 1.165) is 5.75 Å². The molecule has 0 aliphatic heterocycles. The average Bonchev–Trinajstić information content (AvgIpc) is 2.09. The number of hydrogen-bond donors (Lipinski definition) is 1. The van der Waals surface area contributed by atoms with Crippen molar-refractivity contribution in [3.05, 3.63) is 23.8 Å². The lowest BCUT2D eigenvalue weighted by Crippen LogP contribution is -1.92. The first-order valence-electron chi connectivity index (χ1n) is 3.64. The highest BCUT2D eigenvalue weighted by Crippen LogP contribution is 2.23. The Bertz CT molecular complexity index is 317. The molecule has 1 aromatic rings. The highest BCUT2D eigenvalue weighted by Gasteiger charge is 1.99. The van der Waals surface area contributed by atoms with Crippen molar-refractivity contribution in [2.75, 3.05) is 6.61 Å². The van der Waals surface area contributed by atoms with E-state index in [1.165, 1.54) is 0 Å². The molecule has 0 saturated carbocycles. The Hall–Kier alpha value is -1.14. The summed E-state index contributed by atoms with van der Waals surface area (Å²) in [5, 5.41) is 8.56. The molecule has 0 unspecified atom stereocenters. The Balaban J connectivity index is 2.97. The summed E-state index contributed by atoms with van der Waals surface area (Å²) in [6, 6.07) is 7.19. The molecule has 0 fully saturated rings. The van der Waals surface area contributed by atoms with E-state index >= 15 is 0 Å². The van der Waals surface area contributed by atoms with E-state index in [9.17, 15) is 0 Å². The summed E-state index contributed by atoms with van der Waals surface area (Å²) >= 11 is 4.18. The first kappa shape index (κ1) is 8.95. The smallest absolute Gasteiger partial charge is 0.132 e. The van der Waals surface area contributed by atoms with Gasteiger partial charge in [-0.1, -0.05) is 0 Å². The Morgan fingerprint density at radius 2 is 2.33 bits per heavy atom. The lowest BCUT2D eigenvalue weighted by atomic mass is 10.2. The van der Waals surface area contributed by atoms with Crippen LogP contribution in [0.1, 0.15) is 12.5 Å². The number of nitriles is 1. The minimum atomic E-state index is 0.600. The van der Waals surface area contributed by atoms with Gasteiger partial charge in [0.25, 0.3) is 0 Å².